The van der Waals surface area contributed by atoms with E-state index in [1.807, 2.05) is 18.2 Å². The molecule has 0 radical (unpaired) electrons. The zero-order valence-corrected chi connectivity index (χ0v) is 17.1. The van der Waals surface area contributed by atoms with Crippen molar-refractivity contribution in [1.82, 2.24) is 9.84 Å². The van der Waals surface area contributed by atoms with E-state index in [9.17, 15) is 9.59 Å². The number of hydrogen-bond acceptors (Lipinski definition) is 3. The molecular formula is C22H22ClN5O2. The first-order valence-corrected chi connectivity index (χ1v) is 9.80. The maximum atomic E-state index is 12.5. The molecule has 1 atom stereocenters. The Morgan fingerprint density at radius 2 is 1.80 bits per heavy atom. The van der Waals surface area contributed by atoms with Crippen molar-refractivity contribution in [2.24, 2.45) is 5.22 Å². The lowest BCUT2D eigenvalue weighted by Crippen LogP contribution is -2.42. The highest BCUT2D eigenvalue weighted by atomic mass is 35.5. The summed E-state index contributed by atoms with van der Waals surface area (Å²) < 4.78 is 0.778. The summed E-state index contributed by atoms with van der Waals surface area (Å²) in [6, 6.07) is 15.0. The van der Waals surface area contributed by atoms with Crippen LogP contribution in [0.1, 0.15) is 40.7 Å². The van der Waals surface area contributed by atoms with E-state index in [1.54, 1.807) is 36.4 Å². The number of azide groups is 1. The Balaban J connectivity index is 2.06. The number of amides is 1. The normalized spacial score (nSPS) is 10.9. The summed E-state index contributed by atoms with van der Waals surface area (Å²) in [5.41, 5.74) is 10.6. The van der Waals surface area contributed by atoms with Gasteiger partial charge in [0.25, 0.3) is 5.91 Å². The van der Waals surface area contributed by atoms with Gasteiger partial charge in [-0.3, -0.25) is 9.59 Å². The van der Waals surface area contributed by atoms with Crippen molar-refractivity contribution in [1.29, 1.82) is 0 Å². The van der Waals surface area contributed by atoms with E-state index in [-0.39, 0.29) is 18.1 Å². The highest BCUT2D eigenvalue weighted by Crippen LogP contribution is 2.16. The second-order valence-electron chi connectivity index (χ2n) is 6.53. The number of rotatable bonds is 11. The first-order chi connectivity index (χ1) is 14.6. The Bertz CT molecular complexity index is 934. The van der Waals surface area contributed by atoms with Gasteiger partial charge >= 0.3 is 0 Å². The van der Waals surface area contributed by atoms with Crippen LogP contribution in [0.3, 0.4) is 0 Å². The lowest BCUT2D eigenvalue weighted by Gasteiger charge is -2.18. The molecule has 0 aliphatic heterocycles. The van der Waals surface area contributed by atoms with Gasteiger partial charge in [0, 0.05) is 35.7 Å². The number of nitrogens with zero attached hydrogens (tertiary/aromatic N) is 4. The smallest absolute Gasteiger partial charge is 0.267 e. The zero-order chi connectivity index (χ0) is 21.8. The number of ketones is 1. The average Bonchev–Trinajstić information content (AvgIpc) is 2.78. The third-order valence-electron chi connectivity index (χ3n) is 4.41. The molecule has 0 bridgehead atoms. The molecule has 0 spiro atoms. The van der Waals surface area contributed by atoms with Gasteiger partial charge < -0.3 is 5.32 Å². The number of carbonyl (C=O) groups is 2. The highest BCUT2D eigenvalue weighted by Gasteiger charge is 2.28. The molecule has 2 rings (SSSR count). The van der Waals surface area contributed by atoms with Gasteiger partial charge in [-0.2, -0.15) is 4.91 Å². The summed E-state index contributed by atoms with van der Waals surface area (Å²) >= 11 is 5.99. The molecule has 1 amide bonds. The van der Waals surface area contributed by atoms with Gasteiger partial charge in [-0.25, -0.2) is 0 Å². The Labute approximate surface area is 180 Å². The maximum absolute atomic E-state index is 12.5. The van der Waals surface area contributed by atoms with Crippen molar-refractivity contribution in [2.75, 3.05) is 6.54 Å². The van der Waals surface area contributed by atoms with Crippen molar-refractivity contribution in [3.63, 3.8) is 0 Å². The van der Waals surface area contributed by atoms with Crippen LogP contribution < -0.4 is 5.32 Å². The van der Waals surface area contributed by atoms with Gasteiger partial charge in [-0.1, -0.05) is 54.6 Å². The number of unbranched alkanes of at least 4 members (excludes halogenated alkanes) is 2. The summed E-state index contributed by atoms with van der Waals surface area (Å²) in [5.74, 6) is 2.10. The van der Waals surface area contributed by atoms with Crippen LogP contribution in [0.2, 0.25) is 0 Å². The van der Waals surface area contributed by atoms with Crippen LogP contribution >= 0.6 is 11.8 Å². The van der Waals surface area contributed by atoms with Crippen LogP contribution in [0.15, 0.2) is 59.8 Å². The van der Waals surface area contributed by atoms with E-state index in [2.05, 4.69) is 21.4 Å². The Hall–Kier alpha value is -3.46. The monoisotopic (exact) mass is 423 g/mol. The van der Waals surface area contributed by atoms with E-state index in [1.165, 1.54) is 0 Å². The van der Waals surface area contributed by atoms with Gasteiger partial charge in [0.15, 0.2) is 11.8 Å². The molecule has 2 aromatic carbocycles. The van der Waals surface area contributed by atoms with Gasteiger partial charge in [-0.15, -0.1) is 22.4 Å². The SMILES string of the molecule is C#CCCCCNC(=O)C(Cc1ccc(C(=O)c2ccccc2)cc1)N(Cl)N=[N+]=[N-]. The fourth-order valence-electron chi connectivity index (χ4n) is 2.82. The topological polar surface area (TPSA) is 98.2 Å². The maximum Gasteiger partial charge on any atom is 0.267 e. The molecular weight excluding hydrogens is 402 g/mol. The lowest BCUT2D eigenvalue weighted by molar-refractivity contribution is -0.124. The fourth-order valence-corrected chi connectivity index (χ4v) is 3.01. The summed E-state index contributed by atoms with van der Waals surface area (Å²) in [7, 11) is 0. The molecule has 0 fully saturated rings. The largest absolute Gasteiger partial charge is 0.352 e. The summed E-state index contributed by atoms with van der Waals surface area (Å²) in [5, 5.41) is 6.10. The van der Waals surface area contributed by atoms with Crippen LogP contribution in [-0.4, -0.2) is 28.8 Å². The van der Waals surface area contributed by atoms with Crippen molar-refractivity contribution < 1.29 is 9.59 Å². The lowest BCUT2D eigenvalue weighted by atomic mass is 9.99. The Morgan fingerprint density at radius 1 is 1.13 bits per heavy atom. The number of terminal acetylenes is 1. The predicted octanol–water partition coefficient (Wildman–Crippen LogP) is 4.43. The minimum absolute atomic E-state index is 0.0866. The summed E-state index contributed by atoms with van der Waals surface area (Å²) in [6.45, 7) is 0.447. The number of halogens is 1. The first kappa shape index (κ1) is 22.8. The quantitative estimate of drug-likeness (QED) is 0.0845. The Morgan fingerprint density at radius 3 is 2.43 bits per heavy atom. The molecule has 1 unspecified atom stereocenters. The van der Waals surface area contributed by atoms with Gasteiger partial charge in [0.1, 0.15) is 11.8 Å². The van der Waals surface area contributed by atoms with Crippen LogP contribution in [0.5, 0.6) is 0 Å². The van der Waals surface area contributed by atoms with Gasteiger partial charge in [0.2, 0.25) is 0 Å². The fraction of sp³-hybridized carbons (Fsp3) is 0.273. The predicted molar refractivity (Wildman–Crippen MR) is 116 cm³/mol. The van der Waals surface area contributed by atoms with Crippen molar-refractivity contribution in [3.05, 3.63) is 81.7 Å². The van der Waals surface area contributed by atoms with Crippen molar-refractivity contribution >= 4 is 23.5 Å². The Kier molecular flexibility index (Phi) is 9.26. The van der Waals surface area contributed by atoms with Gasteiger partial charge in [-0.05, 0) is 18.4 Å². The van der Waals surface area contributed by atoms with Crippen LogP contribution in [0.4, 0.5) is 0 Å². The summed E-state index contributed by atoms with van der Waals surface area (Å²) in [6.07, 6.45) is 7.61. The summed E-state index contributed by atoms with van der Waals surface area (Å²) in [4.78, 5) is 27.7. The number of carbonyl (C=O) groups excluding carboxylic acids is 2. The molecule has 7 nitrogen and oxygen atoms in total. The zero-order valence-electron chi connectivity index (χ0n) is 16.4. The molecule has 30 heavy (non-hydrogen) atoms. The molecule has 2 aromatic rings. The number of hydrogen-bond donors (Lipinski definition) is 1. The molecule has 0 heterocycles. The molecule has 154 valence electrons. The average molecular weight is 424 g/mol. The highest BCUT2D eigenvalue weighted by molar-refractivity contribution is 6.14. The third kappa shape index (κ3) is 6.85. The molecule has 8 heteroatoms. The molecule has 0 aliphatic rings. The minimum atomic E-state index is -0.897. The molecule has 0 aromatic heterocycles. The molecule has 1 N–H and O–H groups in total. The molecule has 0 aliphatic carbocycles. The molecule has 0 saturated carbocycles. The van der Waals surface area contributed by atoms with Crippen LogP contribution in [0, 0.1) is 12.3 Å². The van der Waals surface area contributed by atoms with Crippen molar-refractivity contribution in [2.45, 2.75) is 31.7 Å². The minimum Gasteiger partial charge on any atom is -0.352 e. The van der Waals surface area contributed by atoms with Crippen LogP contribution in [0.25, 0.3) is 10.4 Å². The third-order valence-corrected chi connectivity index (χ3v) is 4.72. The van der Waals surface area contributed by atoms with E-state index < -0.39 is 6.04 Å². The van der Waals surface area contributed by atoms with Gasteiger partial charge in [0.05, 0.1) is 0 Å². The van der Waals surface area contributed by atoms with E-state index in [0.29, 0.717) is 24.1 Å². The van der Waals surface area contributed by atoms with E-state index >= 15 is 0 Å². The number of benzene rings is 2. The number of nitrogens with one attached hydrogen (secondary N) is 1. The van der Waals surface area contributed by atoms with E-state index in [4.69, 9.17) is 23.7 Å². The molecule has 0 saturated heterocycles. The van der Waals surface area contributed by atoms with Crippen molar-refractivity contribution in [3.8, 4) is 12.3 Å². The second kappa shape index (κ2) is 12.2. The standard InChI is InChI=1S/C22H22ClN5O2/c1-2-3-4-8-15-25-22(30)20(28(23)27-26-24)16-17-11-13-19(14-12-17)21(29)18-9-6-5-7-10-18/h1,5-7,9-14,20H,3-4,8,15-16H2,(H,25,30). The van der Waals surface area contributed by atoms with Crippen LogP contribution in [-0.2, 0) is 11.2 Å². The first-order valence-electron chi connectivity index (χ1n) is 9.46. The van der Waals surface area contributed by atoms with E-state index in [0.717, 1.165) is 22.9 Å². The second-order valence-corrected chi connectivity index (χ2v) is 6.88.